The van der Waals surface area contributed by atoms with Crippen LogP contribution < -0.4 is 5.73 Å². The highest BCUT2D eigenvalue weighted by atomic mass is 14.5. The Kier molecular flexibility index (Phi) is 2.34. The Hall–Kier alpha value is -0.0400. The molecule has 0 aromatic carbocycles. The number of nitrogens with two attached hydrogens (primary N) is 1. The van der Waals surface area contributed by atoms with E-state index in [4.69, 9.17) is 5.73 Å². The lowest BCUT2D eigenvalue weighted by atomic mass is 10.1. The van der Waals surface area contributed by atoms with Gasteiger partial charge in [0.15, 0.2) is 0 Å². The third-order valence-electron chi connectivity index (χ3n) is 1.16. The van der Waals surface area contributed by atoms with Crippen molar-refractivity contribution in [3.8, 4) is 0 Å². The fourth-order valence-corrected chi connectivity index (χ4v) is 0.747. The highest BCUT2D eigenvalue weighted by molar-refractivity contribution is 5.35. The molecule has 1 fully saturated rings. The van der Waals surface area contributed by atoms with E-state index in [1.807, 2.05) is 12.8 Å². The average molecular weight is 108 g/mol. The summed E-state index contributed by atoms with van der Waals surface area (Å²) in [7, 11) is 0. The molecule has 0 bridgehead atoms. The zero-order valence-corrected chi connectivity index (χ0v) is 4.80. The van der Waals surface area contributed by atoms with Crippen molar-refractivity contribution in [3.05, 3.63) is 31.6 Å². The van der Waals surface area contributed by atoms with Crippen LogP contribution in [0.25, 0.3) is 0 Å². The molecule has 0 aromatic rings. The van der Waals surface area contributed by atoms with Crippen LogP contribution in [0.15, 0.2) is 0 Å². The highest BCUT2D eigenvalue weighted by Crippen LogP contribution is 2.24. The Morgan fingerprint density at radius 3 is 2.38 bits per heavy atom. The monoisotopic (exact) mass is 108 g/mol. The Labute approximate surface area is 51.3 Å². The van der Waals surface area contributed by atoms with Gasteiger partial charge in [-0.05, 0) is 44.6 Å². The maximum absolute atomic E-state index is 5.32. The van der Waals surface area contributed by atoms with Crippen molar-refractivity contribution in [2.75, 3.05) is 6.54 Å². The van der Waals surface area contributed by atoms with E-state index >= 15 is 0 Å². The summed E-state index contributed by atoms with van der Waals surface area (Å²) < 4.78 is 0. The summed E-state index contributed by atoms with van der Waals surface area (Å²) in [6.45, 7) is 0.754. The highest BCUT2D eigenvalue weighted by Gasteiger charge is 2.14. The molecule has 1 aliphatic rings. The van der Waals surface area contributed by atoms with Crippen molar-refractivity contribution in [2.45, 2.75) is 6.42 Å². The third-order valence-corrected chi connectivity index (χ3v) is 1.16. The van der Waals surface area contributed by atoms with E-state index in [1.54, 1.807) is 0 Å². The second-order valence-electron chi connectivity index (χ2n) is 1.83. The molecule has 5 radical (unpaired) electrons. The second-order valence-corrected chi connectivity index (χ2v) is 1.83. The van der Waals surface area contributed by atoms with Crippen LogP contribution in [0.3, 0.4) is 0 Å². The predicted molar refractivity (Wildman–Crippen MR) is 34.1 cm³/mol. The van der Waals surface area contributed by atoms with Gasteiger partial charge in [0, 0.05) is 0 Å². The van der Waals surface area contributed by atoms with E-state index in [9.17, 15) is 0 Å². The van der Waals surface area contributed by atoms with Gasteiger partial charge in [-0.2, -0.15) is 0 Å². The summed E-state index contributed by atoms with van der Waals surface area (Å²) in [5, 5.41) is 0. The zero-order valence-electron chi connectivity index (χ0n) is 4.80. The van der Waals surface area contributed by atoms with Crippen molar-refractivity contribution in [3.63, 3.8) is 0 Å². The lowest BCUT2D eigenvalue weighted by Gasteiger charge is -2.01. The van der Waals surface area contributed by atoms with Crippen LogP contribution in [0.4, 0.5) is 0 Å². The maximum Gasteiger partial charge on any atom is -0.00716 e. The summed E-state index contributed by atoms with van der Waals surface area (Å²) in [6.07, 6.45) is 9.25. The first-order chi connectivity index (χ1) is 3.93. The summed E-state index contributed by atoms with van der Waals surface area (Å²) in [4.78, 5) is 0. The normalized spacial score (nSPS) is 22.1. The van der Waals surface area contributed by atoms with Gasteiger partial charge in [0.05, 0.1) is 0 Å². The molecule has 43 valence electrons. The zero-order chi connectivity index (χ0) is 5.82. The van der Waals surface area contributed by atoms with Gasteiger partial charge in [-0.15, -0.1) is 0 Å². The molecule has 2 N–H and O–H groups in total. The molecule has 0 unspecified atom stereocenters. The van der Waals surface area contributed by atoms with Crippen LogP contribution in [-0.2, 0) is 0 Å². The maximum atomic E-state index is 5.32. The fraction of sp³-hybridized carbons (Fsp3) is 0.286. The topological polar surface area (TPSA) is 26.0 Å². The van der Waals surface area contributed by atoms with E-state index in [-0.39, 0.29) is 0 Å². The van der Waals surface area contributed by atoms with Crippen molar-refractivity contribution in [2.24, 2.45) is 5.73 Å². The van der Waals surface area contributed by atoms with Crippen LogP contribution in [0, 0.1) is 31.6 Å². The van der Waals surface area contributed by atoms with Gasteiger partial charge >= 0.3 is 0 Å². The molecule has 0 spiro atoms. The molecule has 0 atom stereocenters. The second kappa shape index (κ2) is 3.08. The molecule has 0 saturated heterocycles. The van der Waals surface area contributed by atoms with Gasteiger partial charge < -0.3 is 5.73 Å². The van der Waals surface area contributed by atoms with E-state index in [2.05, 4.69) is 12.8 Å². The first kappa shape index (κ1) is 6.09. The van der Waals surface area contributed by atoms with Crippen molar-refractivity contribution < 1.29 is 0 Å². The van der Waals surface area contributed by atoms with Crippen LogP contribution >= 0.6 is 0 Å². The number of rotatable bonds is 2. The molecule has 1 nitrogen and oxygen atoms in total. The molecule has 1 saturated carbocycles. The summed E-state index contributed by atoms with van der Waals surface area (Å²) in [5.41, 5.74) is 5.32. The molecule has 0 amide bonds. The predicted octanol–water partition coefficient (Wildman–Crippen LogP) is 0.740. The summed E-state index contributed by atoms with van der Waals surface area (Å²) in [6, 6.07) is 0. The van der Waals surface area contributed by atoms with Crippen LogP contribution in [0.5, 0.6) is 0 Å². The molecular weight excluding hydrogens is 98.1 g/mol. The molecule has 1 heteroatoms. The standard InChI is InChI=1S/C7H10N/c8-6-5-7-3-1-2-4-7/h1-4H,5-6,8H2. The first-order valence-corrected chi connectivity index (χ1v) is 2.84. The lowest BCUT2D eigenvalue weighted by Crippen LogP contribution is -2.03. The number of hydrogen-bond donors (Lipinski definition) is 1. The lowest BCUT2D eigenvalue weighted by molar-refractivity contribution is 0.893. The minimum Gasteiger partial charge on any atom is -0.330 e. The largest absolute Gasteiger partial charge is 0.330 e. The SMILES string of the molecule is NCC[C]1[CH][CH][CH][CH]1. The molecule has 8 heavy (non-hydrogen) atoms. The molecule has 1 rings (SSSR count). The van der Waals surface area contributed by atoms with Crippen LogP contribution in [-0.4, -0.2) is 6.54 Å². The minimum absolute atomic E-state index is 0.754. The van der Waals surface area contributed by atoms with E-state index in [1.165, 1.54) is 5.92 Å². The molecular formula is C7H10N. The van der Waals surface area contributed by atoms with E-state index < -0.39 is 0 Å². The Morgan fingerprint density at radius 1 is 1.25 bits per heavy atom. The van der Waals surface area contributed by atoms with Crippen molar-refractivity contribution in [1.29, 1.82) is 0 Å². The molecule has 1 aliphatic carbocycles. The third kappa shape index (κ3) is 1.48. The van der Waals surface area contributed by atoms with Gasteiger partial charge in [0.1, 0.15) is 0 Å². The Morgan fingerprint density at radius 2 is 1.88 bits per heavy atom. The summed E-state index contributed by atoms with van der Waals surface area (Å²) >= 11 is 0. The fourth-order valence-electron chi connectivity index (χ4n) is 0.747. The molecule has 0 aliphatic heterocycles. The van der Waals surface area contributed by atoms with Gasteiger partial charge in [0.2, 0.25) is 0 Å². The van der Waals surface area contributed by atoms with Crippen LogP contribution in [0.2, 0.25) is 0 Å². The Balaban J connectivity index is 2.06. The van der Waals surface area contributed by atoms with Gasteiger partial charge in [0.25, 0.3) is 0 Å². The van der Waals surface area contributed by atoms with E-state index in [0.717, 1.165) is 13.0 Å². The van der Waals surface area contributed by atoms with Crippen molar-refractivity contribution >= 4 is 0 Å². The minimum atomic E-state index is 0.754. The Bertz CT molecular complexity index is 55.4. The first-order valence-electron chi connectivity index (χ1n) is 2.84. The molecule has 0 aromatic heterocycles. The van der Waals surface area contributed by atoms with Gasteiger partial charge in [-0.1, -0.05) is 0 Å². The number of hydrogen-bond acceptors (Lipinski definition) is 1. The molecule has 0 heterocycles. The van der Waals surface area contributed by atoms with E-state index in [0.29, 0.717) is 0 Å². The van der Waals surface area contributed by atoms with Gasteiger partial charge in [-0.25, -0.2) is 0 Å². The average Bonchev–Trinajstić information content (AvgIpc) is 2.19. The van der Waals surface area contributed by atoms with Crippen LogP contribution in [0.1, 0.15) is 6.42 Å². The van der Waals surface area contributed by atoms with Gasteiger partial charge in [-0.3, -0.25) is 0 Å². The summed E-state index contributed by atoms with van der Waals surface area (Å²) in [5.74, 6) is 1.34. The van der Waals surface area contributed by atoms with Crippen molar-refractivity contribution in [1.82, 2.24) is 0 Å². The smallest absolute Gasteiger partial charge is 0.00716 e. The quantitative estimate of drug-likeness (QED) is 0.554.